The highest BCUT2D eigenvalue weighted by Gasteiger charge is 2.25. The minimum atomic E-state index is -3.58. The molecule has 1 heterocycles. The molecule has 30 heavy (non-hydrogen) atoms. The number of phenolic OH excluding ortho intramolecular Hbond substituents is 1. The Labute approximate surface area is 173 Å². The molecule has 0 spiro atoms. The number of nitrogens with one attached hydrogen (secondary N) is 1. The maximum Gasteiger partial charge on any atom is 0.271 e. The molecule has 0 radical (unpaired) electrons. The third-order valence-corrected chi connectivity index (χ3v) is 6.57. The van der Waals surface area contributed by atoms with Gasteiger partial charge in [0.05, 0.1) is 16.0 Å². The molecule has 1 amide bonds. The summed E-state index contributed by atoms with van der Waals surface area (Å²) in [6.07, 6.45) is 3.75. The third kappa shape index (κ3) is 4.81. The van der Waals surface area contributed by atoms with E-state index >= 15 is 0 Å². The van der Waals surface area contributed by atoms with Crippen molar-refractivity contribution in [1.29, 1.82) is 0 Å². The predicted molar refractivity (Wildman–Crippen MR) is 109 cm³/mol. The maximum absolute atomic E-state index is 12.6. The van der Waals surface area contributed by atoms with E-state index in [1.807, 2.05) is 0 Å². The van der Waals surface area contributed by atoms with Gasteiger partial charge in [-0.2, -0.15) is 9.41 Å². The standard InChI is InChI=1S/C19H20N4O6S/c24-18-9-6-16(23(26)27)12-15(18)13-20-21-19(25)14-4-7-17(8-5-14)30(28,29)22-10-2-1-3-11-22/h4-9,12-13,24H,1-3,10-11H2,(H,21,25)/b20-13+. The van der Waals surface area contributed by atoms with Crippen molar-refractivity contribution >= 4 is 27.8 Å². The van der Waals surface area contributed by atoms with E-state index in [2.05, 4.69) is 10.5 Å². The van der Waals surface area contributed by atoms with E-state index in [0.717, 1.165) is 43.7 Å². The van der Waals surface area contributed by atoms with Crippen LogP contribution in [0, 0.1) is 10.1 Å². The molecule has 2 N–H and O–H groups in total. The number of sulfonamides is 1. The van der Waals surface area contributed by atoms with Crippen molar-refractivity contribution in [3.63, 3.8) is 0 Å². The normalized spacial score (nSPS) is 15.2. The number of hydrogen-bond acceptors (Lipinski definition) is 7. The zero-order valence-electron chi connectivity index (χ0n) is 15.9. The van der Waals surface area contributed by atoms with E-state index in [4.69, 9.17) is 0 Å². The maximum atomic E-state index is 12.6. The number of nitro benzene ring substituents is 1. The molecule has 1 aliphatic heterocycles. The third-order valence-electron chi connectivity index (χ3n) is 4.66. The van der Waals surface area contributed by atoms with E-state index in [1.54, 1.807) is 0 Å². The van der Waals surface area contributed by atoms with Gasteiger partial charge in [-0.3, -0.25) is 14.9 Å². The summed E-state index contributed by atoms with van der Waals surface area (Å²) in [6.45, 7) is 0.980. The molecule has 0 unspecified atom stereocenters. The summed E-state index contributed by atoms with van der Waals surface area (Å²) >= 11 is 0. The fourth-order valence-electron chi connectivity index (χ4n) is 3.02. The second kappa shape index (κ2) is 9.01. The Kier molecular flexibility index (Phi) is 6.43. The lowest BCUT2D eigenvalue weighted by molar-refractivity contribution is -0.384. The first kappa shape index (κ1) is 21.4. The zero-order chi connectivity index (χ0) is 21.7. The van der Waals surface area contributed by atoms with Gasteiger partial charge in [0.2, 0.25) is 10.0 Å². The van der Waals surface area contributed by atoms with Crippen LogP contribution in [0.15, 0.2) is 52.5 Å². The van der Waals surface area contributed by atoms with Gasteiger partial charge in [0, 0.05) is 36.3 Å². The molecule has 1 fully saturated rings. The number of non-ortho nitro benzene ring substituents is 1. The van der Waals surface area contributed by atoms with Crippen LogP contribution in [0.1, 0.15) is 35.2 Å². The molecule has 0 saturated carbocycles. The number of piperidine rings is 1. The molecule has 0 atom stereocenters. The SMILES string of the molecule is O=C(N/N=C/c1cc([N+](=O)[O-])ccc1O)c1ccc(S(=O)(=O)N2CCCCC2)cc1. The number of aromatic hydroxyl groups is 1. The number of benzene rings is 2. The first-order valence-electron chi connectivity index (χ1n) is 9.20. The lowest BCUT2D eigenvalue weighted by Gasteiger charge is -2.25. The molecule has 0 aliphatic carbocycles. The summed E-state index contributed by atoms with van der Waals surface area (Å²) in [4.78, 5) is 22.5. The molecule has 158 valence electrons. The van der Waals surface area contributed by atoms with Crippen LogP contribution < -0.4 is 5.43 Å². The van der Waals surface area contributed by atoms with Gasteiger partial charge in [-0.05, 0) is 43.2 Å². The Balaban J connectivity index is 1.67. The Morgan fingerprint density at radius 2 is 1.80 bits per heavy atom. The molecule has 2 aromatic carbocycles. The van der Waals surface area contributed by atoms with Crippen molar-refractivity contribution in [2.24, 2.45) is 5.10 Å². The average Bonchev–Trinajstić information content (AvgIpc) is 2.75. The van der Waals surface area contributed by atoms with Crippen molar-refractivity contribution in [3.05, 3.63) is 63.7 Å². The Morgan fingerprint density at radius 1 is 1.13 bits per heavy atom. The van der Waals surface area contributed by atoms with E-state index in [1.165, 1.54) is 28.6 Å². The van der Waals surface area contributed by atoms with E-state index in [-0.39, 0.29) is 27.5 Å². The summed E-state index contributed by atoms with van der Waals surface area (Å²) in [6, 6.07) is 8.92. The molecule has 11 heteroatoms. The highest BCUT2D eigenvalue weighted by atomic mass is 32.2. The number of amides is 1. The molecule has 0 bridgehead atoms. The molecule has 0 aromatic heterocycles. The summed E-state index contributed by atoms with van der Waals surface area (Å²) in [5.41, 5.74) is 2.25. The molecule has 10 nitrogen and oxygen atoms in total. The van der Waals surface area contributed by atoms with Gasteiger partial charge in [0.1, 0.15) is 5.75 Å². The number of carbonyl (C=O) groups is 1. The fraction of sp³-hybridized carbons (Fsp3) is 0.263. The Bertz CT molecular complexity index is 1080. The lowest BCUT2D eigenvalue weighted by atomic mass is 10.2. The minimum absolute atomic E-state index is 0.0625. The molecule has 3 rings (SSSR count). The number of phenols is 1. The van der Waals surface area contributed by atoms with Gasteiger partial charge in [0.25, 0.3) is 11.6 Å². The van der Waals surface area contributed by atoms with Crippen molar-refractivity contribution in [2.75, 3.05) is 13.1 Å². The van der Waals surface area contributed by atoms with Crippen molar-refractivity contribution in [3.8, 4) is 5.75 Å². The van der Waals surface area contributed by atoms with Crippen LogP contribution in [0.2, 0.25) is 0 Å². The Hall–Kier alpha value is -3.31. The second-order valence-corrected chi connectivity index (χ2v) is 8.63. The lowest BCUT2D eigenvalue weighted by Crippen LogP contribution is -2.35. The first-order valence-corrected chi connectivity index (χ1v) is 10.6. The van der Waals surface area contributed by atoms with Crippen LogP contribution in [-0.2, 0) is 10.0 Å². The minimum Gasteiger partial charge on any atom is -0.507 e. The fourth-order valence-corrected chi connectivity index (χ4v) is 4.53. The van der Waals surface area contributed by atoms with Gasteiger partial charge in [-0.15, -0.1) is 0 Å². The second-order valence-electron chi connectivity index (χ2n) is 6.69. The quantitative estimate of drug-likeness (QED) is 0.407. The van der Waals surface area contributed by atoms with E-state index in [0.29, 0.717) is 13.1 Å². The van der Waals surface area contributed by atoms with Crippen LogP contribution in [0.25, 0.3) is 0 Å². The van der Waals surface area contributed by atoms with Gasteiger partial charge in [-0.25, -0.2) is 13.8 Å². The summed E-state index contributed by atoms with van der Waals surface area (Å²) in [7, 11) is -3.58. The predicted octanol–water partition coefficient (Wildman–Crippen LogP) is 2.24. The number of rotatable bonds is 6. The molecule has 2 aromatic rings. The van der Waals surface area contributed by atoms with Gasteiger partial charge in [0.15, 0.2) is 0 Å². The van der Waals surface area contributed by atoms with Gasteiger partial charge in [-0.1, -0.05) is 6.42 Å². The number of hydrazone groups is 1. The van der Waals surface area contributed by atoms with E-state index in [9.17, 15) is 28.4 Å². The van der Waals surface area contributed by atoms with Crippen LogP contribution in [0.5, 0.6) is 5.75 Å². The van der Waals surface area contributed by atoms with Crippen LogP contribution in [0.3, 0.4) is 0 Å². The topological polar surface area (TPSA) is 142 Å². The monoisotopic (exact) mass is 432 g/mol. The van der Waals surface area contributed by atoms with Crippen LogP contribution >= 0.6 is 0 Å². The van der Waals surface area contributed by atoms with Crippen LogP contribution in [-0.4, -0.2) is 48.0 Å². The highest BCUT2D eigenvalue weighted by Crippen LogP contribution is 2.22. The number of hydrogen-bond donors (Lipinski definition) is 2. The average molecular weight is 432 g/mol. The van der Waals surface area contributed by atoms with Crippen LogP contribution in [0.4, 0.5) is 5.69 Å². The molecular formula is C19H20N4O6S. The number of nitrogens with zero attached hydrogens (tertiary/aromatic N) is 3. The Morgan fingerprint density at radius 3 is 2.43 bits per heavy atom. The summed E-state index contributed by atoms with van der Waals surface area (Å²) in [5.74, 6) is -0.830. The van der Waals surface area contributed by atoms with Gasteiger partial charge < -0.3 is 5.11 Å². The molecule has 1 aliphatic rings. The first-order chi connectivity index (χ1) is 14.3. The number of carbonyl (C=O) groups excluding carboxylic acids is 1. The largest absolute Gasteiger partial charge is 0.507 e. The summed E-state index contributed by atoms with van der Waals surface area (Å²) < 4.78 is 26.7. The molecule has 1 saturated heterocycles. The van der Waals surface area contributed by atoms with Gasteiger partial charge >= 0.3 is 0 Å². The van der Waals surface area contributed by atoms with Crippen molar-refractivity contribution in [1.82, 2.24) is 9.73 Å². The smallest absolute Gasteiger partial charge is 0.271 e. The molecular weight excluding hydrogens is 412 g/mol. The highest BCUT2D eigenvalue weighted by molar-refractivity contribution is 7.89. The number of nitro groups is 1. The summed E-state index contributed by atoms with van der Waals surface area (Å²) in [5, 5.41) is 24.2. The van der Waals surface area contributed by atoms with E-state index < -0.39 is 20.9 Å². The van der Waals surface area contributed by atoms with Crippen molar-refractivity contribution < 1.29 is 23.2 Å². The van der Waals surface area contributed by atoms with Crippen molar-refractivity contribution in [2.45, 2.75) is 24.2 Å². The zero-order valence-corrected chi connectivity index (χ0v) is 16.7.